The fraction of sp³-hybridized carbons (Fsp3) is 0.556. The van der Waals surface area contributed by atoms with E-state index in [1.54, 1.807) is 11.8 Å². The molecular weight excluding hydrogens is 292 g/mol. The van der Waals surface area contributed by atoms with E-state index in [1.165, 1.54) is 0 Å². The molecule has 0 spiro atoms. The van der Waals surface area contributed by atoms with Crippen molar-refractivity contribution in [2.45, 2.75) is 51.7 Å². The minimum absolute atomic E-state index is 0.0247. The number of rotatable bonds is 6. The Bertz CT molecular complexity index is 518. The number of benzene rings is 1. The first-order valence-corrected chi connectivity index (χ1v) is 8.40. The normalized spacial score (nSPS) is 19.0. The number of likely N-dealkylation sites (tertiary alicyclic amines) is 1. The van der Waals surface area contributed by atoms with Crippen molar-refractivity contribution in [1.29, 1.82) is 0 Å². The van der Waals surface area contributed by atoms with Crippen LogP contribution in [-0.4, -0.2) is 41.9 Å². The van der Waals surface area contributed by atoms with Gasteiger partial charge in [-0.1, -0.05) is 25.1 Å². The summed E-state index contributed by atoms with van der Waals surface area (Å²) < 4.78 is 5.71. The maximum atomic E-state index is 12.5. The fourth-order valence-corrected chi connectivity index (χ4v) is 2.83. The molecule has 1 N–H and O–H groups in total. The van der Waals surface area contributed by atoms with Crippen molar-refractivity contribution in [3.63, 3.8) is 0 Å². The molecule has 1 aliphatic heterocycles. The molecule has 1 aromatic carbocycles. The second-order valence-electron chi connectivity index (χ2n) is 6.01. The topological polar surface area (TPSA) is 58.6 Å². The molecule has 0 unspecified atom stereocenters. The molecule has 2 rings (SSSR count). The van der Waals surface area contributed by atoms with Crippen LogP contribution in [-0.2, 0) is 9.59 Å². The average molecular weight is 318 g/mol. The lowest BCUT2D eigenvalue weighted by molar-refractivity contribution is -0.140. The minimum atomic E-state index is -0.525. The first kappa shape index (κ1) is 17.3. The van der Waals surface area contributed by atoms with E-state index >= 15 is 0 Å². The summed E-state index contributed by atoms with van der Waals surface area (Å²) in [5, 5.41) is 3.02. The second kappa shape index (κ2) is 8.56. The zero-order valence-corrected chi connectivity index (χ0v) is 14.0. The van der Waals surface area contributed by atoms with Crippen molar-refractivity contribution in [3.8, 4) is 5.75 Å². The number of ether oxygens (including phenoxy) is 1. The number of para-hydroxylation sites is 1. The lowest BCUT2D eigenvalue weighted by Crippen LogP contribution is -2.52. The van der Waals surface area contributed by atoms with Crippen LogP contribution in [0.1, 0.15) is 39.5 Å². The summed E-state index contributed by atoms with van der Waals surface area (Å²) in [5.41, 5.74) is 0. The third-order valence-electron chi connectivity index (χ3n) is 3.98. The van der Waals surface area contributed by atoms with Gasteiger partial charge in [-0.3, -0.25) is 9.59 Å². The van der Waals surface area contributed by atoms with Crippen molar-refractivity contribution >= 4 is 11.8 Å². The predicted molar refractivity (Wildman–Crippen MR) is 89.2 cm³/mol. The summed E-state index contributed by atoms with van der Waals surface area (Å²) >= 11 is 0. The Kier molecular flexibility index (Phi) is 6.44. The third-order valence-corrected chi connectivity index (χ3v) is 3.98. The Hall–Kier alpha value is -2.04. The van der Waals surface area contributed by atoms with E-state index < -0.39 is 6.10 Å². The van der Waals surface area contributed by atoms with Crippen molar-refractivity contribution in [1.82, 2.24) is 10.2 Å². The molecule has 1 aromatic rings. The maximum Gasteiger partial charge on any atom is 0.263 e. The zero-order valence-electron chi connectivity index (χ0n) is 14.0. The average Bonchev–Trinajstić information content (AvgIpc) is 2.55. The highest BCUT2D eigenvalue weighted by atomic mass is 16.5. The lowest BCUT2D eigenvalue weighted by Gasteiger charge is -2.34. The van der Waals surface area contributed by atoms with E-state index in [0.717, 1.165) is 25.8 Å². The third kappa shape index (κ3) is 5.27. The van der Waals surface area contributed by atoms with Gasteiger partial charge in [-0.25, -0.2) is 0 Å². The van der Waals surface area contributed by atoms with Crippen LogP contribution in [0.2, 0.25) is 0 Å². The smallest absolute Gasteiger partial charge is 0.263 e. The first-order valence-electron chi connectivity index (χ1n) is 8.40. The van der Waals surface area contributed by atoms with Crippen LogP contribution in [0.5, 0.6) is 5.75 Å². The van der Waals surface area contributed by atoms with Crippen LogP contribution in [0.25, 0.3) is 0 Å². The van der Waals surface area contributed by atoms with Gasteiger partial charge in [0, 0.05) is 25.6 Å². The molecule has 1 heterocycles. The van der Waals surface area contributed by atoms with Crippen LogP contribution in [0.3, 0.4) is 0 Å². The molecular formula is C18H26N2O3. The van der Waals surface area contributed by atoms with Gasteiger partial charge in [-0.2, -0.15) is 0 Å². The van der Waals surface area contributed by atoms with Gasteiger partial charge in [-0.05, 0) is 38.3 Å². The first-order chi connectivity index (χ1) is 11.1. The van der Waals surface area contributed by atoms with E-state index in [4.69, 9.17) is 4.74 Å². The summed E-state index contributed by atoms with van der Waals surface area (Å²) in [6, 6.07) is 9.41. The fourth-order valence-electron chi connectivity index (χ4n) is 2.83. The van der Waals surface area contributed by atoms with E-state index in [9.17, 15) is 9.59 Å². The quantitative estimate of drug-likeness (QED) is 0.876. The summed E-state index contributed by atoms with van der Waals surface area (Å²) in [6.07, 6.45) is 2.68. The zero-order chi connectivity index (χ0) is 16.7. The molecule has 0 aliphatic carbocycles. The Morgan fingerprint density at radius 3 is 2.78 bits per heavy atom. The second-order valence-corrected chi connectivity index (χ2v) is 6.01. The van der Waals surface area contributed by atoms with E-state index in [1.807, 2.05) is 37.3 Å². The Labute approximate surface area is 138 Å². The van der Waals surface area contributed by atoms with Gasteiger partial charge < -0.3 is 15.0 Å². The highest BCUT2D eigenvalue weighted by Crippen LogP contribution is 2.15. The maximum absolute atomic E-state index is 12.5. The van der Waals surface area contributed by atoms with Gasteiger partial charge in [0.05, 0.1) is 0 Å². The van der Waals surface area contributed by atoms with Crippen molar-refractivity contribution in [2.75, 3.05) is 13.1 Å². The minimum Gasteiger partial charge on any atom is -0.481 e. The molecule has 0 radical (unpaired) electrons. The Morgan fingerprint density at radius 2 is 2.09 bits per heavy atom. The highest BCUT2D eigenvalue weighted by molar-refractivity contribution is 5.81. The largest absolute Gasteiger partial charge is 0.481 e. The Morgan fingerprint density at radius 1 is 1.35 bits per heavy atom. The van der Waals surface area contributed by atoms with Crippen molar-refractivity contribution in [3.05, 3.63) is 30.3 Å². The highest BCUT2D eigenvalue weighted by Gasteiger charge is 2.28. The van der Waals surface area contributed by atoms with Gasteiger partial charge in [0.2, 0.25) is 5.91 Å². The number of piperidine rings is 1. The molecule has 0 bridgehead atoms. The van der Waals surface area contributed by atoms with Gasteiger partial charge in [0.1, 0.15) is 5.75 Å². The molecule has 2 atom stereocenters. The van der Waals surface area contributed by atoms with E-state index in [0.29, 0.717) is 18.7 Å². The van der Waals surface area contributed by atoms with Gasteiger partial charge >= 0.3 is 0 Å². The van der Waals surface area contributed by atoms with Crippen molar-refractivity contribution in [2.24, 2.45) is 0 Å². The standard InChI is InChI=1S/C18H26N2O3/c1-3-8-17(21)19-15-9-7-12-20(13-15)18(22)14(2)23-16-10-5-4-6-11-16/h4-6,10-11,14-15H,3,7-9,12-13H2,1-2H3,(H,19,21)/t14-,15+/m0/s1. The summed E-state index contributed by atoms with van der Waals surface area (Å²) in [7, 11) is 0. The van der Waals surface area contributed by atoms with Gasteiger partial charge in [0.25, 0.3) is 5.91 Å². The van der Waals surface area contributed by atoms with Crippen LogP contribution in [0.4, 0.5) is 0 Å². The number of amides is 2. The molecule has 1 saturated heterocycles. The number of nitrogens with zero attached hydrogens (tertiary/aromatic N) is 1. The van der Waals surface area contributed by atoms with Crippen molar-refractivity contribution < 1.29 is 14.3 Å². The van der Waals surface area contributed by atoms with Crippen LogP contribution >= 0.6 is 0 Å². The number of nitrogens with one attached hydrogen (secondary N) is 1. The van der Waals surface area contributed by atoms with E-state index in [-0.39, 0.29) is 17.9 Å². The molecule has 5 heteroatoms. The SMILES string of the molecule is CCCC(=O)N[C@@H]1CCCN(C(=O)[C@H](C)Oc2ccccc2)C1. The summed E-state index contributed by atoms with van der Waals surface area (Å²) in [5.74, 6) is 0.738. The molecule has 2 amide bonds. The Balaban J connectivity index is 1.87. The van der Waals surface area contributed by atoms with E-state index in [2.05, 4.69) is 5.32 Å². The molecule has 0 saturated carbocycles. The molecule has 1 aliphatic rings. The van der Waals surface area contributed by atoms with Crippen LogP contribution < -0.4 is 10.1 Å². The number of hydrogen-bond donors (Lipinski definition) is 1. The van der Waals surface area contributed by atoms with Gasteiger partial charge in [-0.15, -0.1) is 0 Å². The summed E-state index contributed by atoms with van der Waals surface area (Å²) in [6.45, 7) is 5.05. The van der Waals surface area contributed by atoms with Crippen LogP contribution in [0.15, 0.2) is 30.3 Å². The number of carbonyl (C=O) groups is 2. The predicted octanol–water partition coefficient (Wildman–Crippen LogP) is 2.36. The lowest BCUT2D eigenvalue weighted by atomic mass is 10.0. The molecule has 0 aromatic heterocycles. The van der Waals surface area contributed by atoms with Crippen LogP contribution in [0, 0.1) is 0 Å². The number of carbonyl (C=O) groups excluding carboxylic acids is 2. The molecule has 5 nitrogen and oxygen atoms in total. The number of hydrogen-bond acceptors (Lipinski definition) is 3. The molecule has 23 heavy (non-hydrogen) atoms. The van der Waals surface area contributed by atoms with Gasteiger partial charge in [0.15, 0.2) is 6.10 Å². The summed E-state index contributed by atoms with van der Waals surface area (Å²) in [4.78, 5) is 26.1. The monoisotopic (exact) mass is 318 g/mol. The molecule has 126 valence electrons. The molecule has 1 fully saturated rings.